The Morgan fingerprint density at radius 1 is 0.818 bits per heavy atom. The van der Waals surface area contributed by atoms with Gasteiger partial charge in [-0.25, -0.2) is 9.97 Å². The molecule has 2 aliphatic rings. The van der Waals surface area contributed by atoms with Gasteiger partial charge in [0.15, 0.2) is 0 Å². The molecule has 12 heteroatoms. The number of aliphatic carboxylic acids is 1. The van der Waals surface area contributed by atoms with Crippen molar-refractivity contribution in [1.29, 1.82) is 0 Å². The zero-order valence-electron chi connectivity index (χ0n) is 23.9. The van der Waals surface area contributed by atoms with Crippen LogP contribution in [0, 0.1) is 0 Å². The van der Waals surface area contributed by atoms with Gasteiger partial charge in [0.1, 0.15) is 10.3 Å². The molecule has 0 bridgehead atoms. The molecule has 2 N–H and O–H groups in total. The minimum Gasteiger partial charge on any atom is -0.481 e. The van der Waals surface area contributed by atoms with E-state index in [0.717, 1.165) is 6.54 Å². The highest BCUT2D eigenvalue weighted by Crippen LogP contribution is 2.34. The number of pyridine rings is 2. The van der Waals surface area contributed by atoms with Gasteiger partial charge < -0.3 is 15.3 Å². The highest BCUT2D eigenvalue weighted by atomic mass is 35.5. The Bertz CT molecular complexity index is 1580. The highest BCUT2D eigenvalue weighted by Gasteiger charge is 2.30. The molecule has 6 rings (SSSR count). The fourth-order valence-electron chi connectivity index (χ4n) is 4.98. The summed E-state index contributed by atoms with van der Waals surface area (Å²) in [6.07, 6.45) is 2.93. The second-order valence-corrected chi connectivity index (χ2v) is 11.6. The maximum absolute atomic E-state index is 12.6. The van der Waals surface area contributed by atoms with Crippen molar-refractivity contribution in [2.24, 2.45) is 0 Å². The van der Waals surface area contributed by atoms with E-state index in [0.29, 0.717) is 38.9 Å². The summed E-state index contributed by atoms with van der Waals surface area (Å²) in [5, 5.41) is 13.1. The lowest BCUT2D eigenvalue weighted by atomic mass is 10.1. The summed E-state index contributed by atoms with van der Waals surface area (Å²) >= 11 is 23.5. The van der Waals surface area contributed by atoms with E-state index in [1.165, 1.54) is 40.7 Å². The number of nitrogens with one attached hydrogen (secondary N) is 1. The maximum atomic E-state index is 12.6. The molecule has 0 saturated heterocycles. The number of halogens is 5. The van der Waals surface area contributed by atoms with Crippen LogP contribution in [-0.4, -0.2) is 31.9 Å². The predicted molar refractivity (Wildman–Crippen MR) is 178 cm³/mol. The number of hydrogen-bond acceptors (Lipinski definition) is 5. The fourth-order valence-corrected chi connectivity index (χ4v) is 5.95. The average molecular weight is 697 g/mol. The summed E-state index contributed by atoms with van der Waals surface area (Å²) in [6, 6.07) is 20.5. The molecule has 0 aliphatic carbocycles. The van der Waals surface area contributed by atoms with Crippen LogP contribution in [0.2, 0.25) is 20.4 Å². The molecule has 0 spiro atoms. The number of carboxylic acids is 1. The van der Waals surface area contributed by atoms with Crippen LogP contribution in [-0.2, 0) is 35.5 Å². The second kappa shape index (κ2) is 16.4. The molecule has 232 valence electrons. The molecule has 44 heavy (non-hydrogen) atoms. The van der Waals surface area contributed by atoms with E-state index < -0.39 is 5.97 Å². The van der Waals surface area contributed by atoms with Gasteiger partial charge >= 0.3 is 5.97 Å². The smallest absolute Gasteiger partial charge is 0.307 e. The first-order chi connectivity index (χ1) is 20.6. The molecule has 4 heterocycles. The molecule has 0 saturated carbocycles. The van der Waals surface area contributed by atoms with Crippen molar-refractivity contribution in [3.05, 3.63) is 127 Å². The third kappa shape index (κ3) is 8.84. The van der Waals surface area contributed by atoms with Crippen molar-refractivity contribution >= 4 is 70.7 Å². The van der Waals surface area contributed by atoms with Crippen molar-refractivity contribution in [3.63, 3.8) is 0 Å². The standard InChI is InChI=1S/C16H14Cl2N2O.C9H11N.C7H5Cl2NO2.ClH/c1-10-12-5-3-2-4-11(12)9-20(10)15(21)8-13-14(17)6-7-19-16(13)18;1-7-9-5-3-2-4-8(9)6-10-7;8-5-1-2-10-7(9)4(5)3-6(11)12;/h2-7,10H,8-9H2,1H3;2-5,7,10H,6H2,1H3;1-2H,3H2,(H,11,12);1H. The van der Waals surface area contributed by atoms with Crippen molar-refractivity contribution in [3.8, 4) is 0 Å². The number of nitrogens with zero attached hydrogens (tertiary/aromatic N) is 3. The zero-order chi connectivity index (χ0) is 31.1. The summed E-state index contributed by atoms with van der Waals surface area (Å²) in [5.74, 6) is -0.970. The van der Waals surface area contributed by atoms with Gasteiger partial charge in [-0.1, -0.05) is 94.9 Å². The number of benzene rings is 2. The zero-order valence-corrected chi connectivity index (χ0v) is 27.8. The predicted octanol–water partition coefficient (Wildman–Crippen LogP) is 8.32. The minimum absolute atomic E-state index is 0. The lowest BCUT2D eigenvalue weighted by Crippen LogP contribution is -2.29. The summed E-state index contributed by atoms with van der Waals surface area (Å²) < 4.78 is 0. The van der Waals surface area contributed by atoms with Gasteiger partial charge in [-0.15, -0.1) is 12.4 Å². The third-order valence-electron chi connectivity index (χ3n) is 7.30. The van der Waals surface area contributed by atoms with E-state index in [1.807, 2.05) is 24.0 Å². The van der Waals surface area contributed by atoms with Crippen molar-refractivity contribution in [1.82, 2.24) is 20.2 Å². The molecule has 2 atom stereocenters. The highest BCUT2D eigenvalue weighted by molar-refractivity contribution is 6.36. The maximum Gasteiger partial charge on any atom is 0.307 e. The Morgan fingerprint density at radius 3 is 1.86 bits per heavy atom. The molecule has 4 aromatic rings. The summed E-state index contributed by atoms with van der Waals surface area (Å²) in [6.45, 7) is 5.91. The van der Waals surface area contributed by atoms with E-state index >= 15 is 0 Å². The molecular weight excluding hydrogens is 666 g/mol. The van der Waals surface area contributed by atoms with E-state index in [1.54, 1.807) is 6.07 Å². The van der Waals surface area contributed by atoms with Gasteiger partial charge in [-0.3, -0.25) is 9.59 Å². The van der Waals surface area contributed by atoms with Gasteiger partial charge in [0, 0.05) is 52.7 Å². The molecule has 1 amide bonds. The first kappa shape index (κ1) is 35.6. The Kier molecular flexibility index (Phi) is 13.3. The van der Waals surface area contributed by atoms with Crippen LogP contribution in [0.3, 0.4) is 0 Å². The number of amides is 1. The summed E-state index contributed by atoms with van der Waals surface area (Å²) in [5.41, 5.74) is 6.26. The molecule has 7 nitrogen and oxygen atoms in total. The van der Waals surface area contributed by atoms with Crippen LogP contribution in [0.4, 0.5) is 0 Å². The van der Waals surface area contributed by atoms with Crippen LogP contribution in [0.5, 0.6) is 0 Å². The van der Waals surface area contributed by atoms with Crippen molar-refractivity contribution in [2.45, 2.75) is 51.9 Å². The topological polar surface area (TPSA) is 95.4 Å². The lowest BCUT2D eigenvalue weighted by molar-refractivity contribution is -0.136. The van der Waals surface area contributed by atoms with Crippen molar-refractivity contribution < 1.29 is 14.7 Å². The van der Waals surface area contributed by atoms with Crippen LogP contribution >= 0.6 is 58.8 Å². The lowest BCUT2D eigenvalue weighted by Gasteiger charge is -2.22. The first-order valence-electron chi connectivity index (χ1n) is 13.5. The first-order valence-corrected chi connectivity index (χ1v) is 15.1. The molecule has 2 aromatic carbocycles. The summed E-state index contributed by atoms with van der Waals surface area (Å²) in [7, 11) is 0. The minimum atomic E-state index is -0.980. The van der Waals surface area contributed by atoms with Crippen LogP contribution in [0.15, 0.2) is 73.1 Å². The van der Waals surface area contributed by atoms with E-state index in [-0.39, 0.29) is 42.4 Å². The molecule has 2 aliphatic heterocycles. The number of fused-ring (bicyclic) bond motifs is 2. The number of carbonyl (C=O) groups is 2. The van der Waals surface area contributed by atoms with E-state index in [9.17, 15) is 9.59 Å². The molecule has 0 fully saturated rings. The van der Waals surface area contributed by atoms with Crippen LogP contribution < -0.4 is 5.32 Å². The fraction of sp³-hybridized carbons (Fsp3) is 0.250. The Hall–Kier alpha value is -2.91. The van der Waals surface area contributed by atoms with Crippen LogP contribution in [0.1, 0.15) is 59.3 Å². The Balaban J connectivity index is 0.000000195. The third-order valence-corrected chi connectivity index (χ3v) is 8.66. The normalized spacial score (nSPS) is 15.9. The molecule has 0 radical (unpaired) electrons. The van der Waals surface area contributed by atoms with E-state index in [2.05, 4.69) is 58.6 Å². The van der Waals surface area contributed by atoms with Gasteiger partial charge in [-0.2, -0.15) is 0 Å². The van der Waals surface area contributed by atoms with Crippen molar-refractivity contribution in [2.75, 3.05) is 0 Å². The average Bonchev–Trinajstić information content (AvgIpc) is 3.53. The monoisotopic (exact) mass is 694 g/mol. The Labute approximate surface area is 282 Å². The Morgan fingerprint density at radius 2 is 1.34 bits per heavy atom. The van der Waals surface area contributed by atoms with Gasteiger partial charge in [0.2, 0.25) is 5.91 Å². The number of carbonyl (C=O) groups excluding carboxylic acids is 1. The summed E-state index contributed by atoms with van der Waals surface area (Å²) in [4.78, 5) is 32.5. The van der Waals surface area contributed by atoms with Gasteiger partial charge in [0.05, 0.1) is 18.9 Å². The van der Waals surface area contributed by atoms with E-state index in [4.69, 9.17) is 51.5 Å². The molecule has 2 aromatic heterocycles. The van der Waals surface area contributed by atoms with Gasteiger partial charge in [-0.05, 0) is 48.2 Å². The number of hydrogen-bond donors (Lipinski definition) is 2. The van der Waals surface area contributed by atoms with Crippen LogP contribution in [0.25, 0.3) is 0 Å². The second-order valence-electron chi connectivity index (χ2n) is 10.1. The number of rotatable bonds is 4. The number of carboxylic acid groups (broad SMARTS) is 1. The van der Waals surface area contributed by atoms with Gasteiger partial charge in [0.25, 0.3) is 0 Å². The molecule has 2 unspecified atom stereocenters. The quantitative estimate of drug-likeness (QED) is 0.209. The SMILES string of the molecule is CC1NCc2ccccc21.CC1c2ccccc2CN1C(=O)Cc1c(Cl)ccnc1Cl.Cl.O=C(O)Cc1c(Cl)ccnc1Cl. The largest absolute Gasteiger partial charge is 0.481 e. The molecular formula is C32H31Cl5N4O3. The number of aromatic nitrogens is 2.